The summed E-state index contributed by atoms with van der Waals surface area (Å²) in [7, 11) is 3.17. The Morgan fingerprint density at radius 1 is 0.935 bits per heavy atom. The molecule has 5 aromatic rings. The van der Waals surface area contributed by atoms with Crippen LogP contribution < -0.4 is 20.5 Å². The second-order valence-corrected chi connectivity index (χ2v) is 11.8. The van der Waals surface area contributed by atoms with Crippen molar-refractivity contribution in [1.82, 2.24) is 9.55 Å². The minimum Gasteiger partial charge on any atom is -0.497 e. The van der Waals surface area contributed by atoms with Gasteiger partial charge in [-0.05, 0) is 58.5 Å². The van der Waals surface area contributed by atoms with E-state index in [2.05, 4.69) is 10.3 Å². The van der Waals surface area contributed by atoms with Gasteiger partial charge in [0.1, 0.15) is 35.8 Å². The number of methoxy groups -OCH3 is 2. The second kappa shape index (κ2) is 13.3. The highest BCUT2D eigenvalue weighted by Crippen LogP contribution is 2.47. The van der Waals surface area contributed by atoms with Crippen molar-refractivity contribution < 1.29 is 29.2 Å². The average molecular weight is 640 g/mol. The number of anilines is 1. The van der Waals surface area contributed by atoms with Crippen LogP contribution in [0.5, 0.6) is 11.5 Å². The van der Waals surface area contributed by atoms with E-state index < -0.39 is 35.6 Å². The molecule has 3 heterocycles. The molecule has 3 aromatic carbocycles. The zero-order chi connectivity index (χ0) is 32.3. The molecule has 1 unspecified atom stereocenters. The molecule has 1 fully saturated rings. The largest absolute Gasteiger partial charge is 0.497 e. The number of aromatic nitrogens is 2. The maximum atomic E-state index is 13.1. The van der Waals surface area contributed by atoms with Crippen LogP contribution >= 0.6 is 11.3 Å². The van der Waals surface area contributed by atoms with E-state index in [9.17, 15) is 19.8 Å². The van der Waals surface area contributed by atoms with Crippen molar-refractivity contribution in [3.05, 3.63) is 141 Å². The summed E-state index contributed by atoms with van der Waals surface area (Å²) < 4.78 is 18.4. The topological polar surface area (TPSA) is 132 Å². The van der Waals surface area contributed by atoms with Gasteiger partial charge in [-0.3, -0.25) is 9.36 Å². The number of carbonyl (C=O) groups excluding carboxylic acids is 1. The Hall–Kier alpha value is -4.81. The highest BCUT2D eigenvalue weighted by Gasteiger charge is 2.52. The Balaban J connectivity index is 1.38. The van der Waals surface area contributed by atoms with Crippen LogP contribution in [-0.4, -0.2) is 58.2 Å². The van der Waals surface area contributed by atoms with E-state index in [0.29, 0.717) is 16.4 Å². The lowest BCUT2D eigenvalue weighted by molar-refractivity contribution is -0.0976. The van der Waals surface area contributed by atoms with E-state index in [4.69, 9.17) is 14.2 Å². The van der Waals surface area contributed by atoms with Crippen LogP contribution in [0, 0.1) is 0 Å². The molecule has 4 atom stereocenters. The van der Waals surface area contributed by atoms with Gasteiger partial charge in [0, 0.05) is 12.6 Å². The minimum absolute atomic E-state index is 0.0281. The maximum absolute atomic E-state index is 13.1. The summed E-state index contributed by atoms with van der Waals surface area (Å²) in [6, 6.07) is 29.3. The molecule has 46 heavy (non-hydrogen) atoms. The SMILES string of the molecule is COc1ccc(C(c2ccccc2)(c2ccc(OC)cc2)C(O)[C@H]2O[C@@H](n3ccc(NC(=O)c4cccs4)nc3=O)C[C@@H]2O)cc1. The summed E-state index contributed by atoms with van der Waals surface area (Å²) in [6.45, 7) is 0. The van der Waals surface area contributed by atoms with Crippen LogP contribution in [0.15, 0.2) is 113 Å². The molecule has 0 spiro atoms. The third-order valence-corrected chi connectivity index (χ3v) is 9.21. The number of thiophene rings is 1. The molecule has 3 N–H and O–H groups in total. The van der Waals surface area contributed by atoms with E-state index in [1.54, 1.807) is 31.7 Å². The van der Waals surface area contributed by atoms with Gasteiger partial charge in [0.25, 0.3) is 5.91 Å². The van der Waals surface area contributed by atoms with Crippen molar-refractivity contribution in [2.24, 2.45) is 0 Å². The second-order valence-electron chi connectivity index (χ2n) is 10.9. The van der Waals surface area contributed by atoms with Crippen molar-refractivity contribution in [3.8, 4) is 11.5 Å². The number of hydrogen-bond donors (Lipinski definition) is 3. The number of rotatable bonds is 10. The van der Waals surface area contributed by atoms with Gasteiger partial charge in [-0.1, -0.05) is 60.7 Å². The van der Waals surface area contributed by atoms with Gasteiger partial charge >= 0.3 is 5.69 Å². The number of aliphatic hydroxyl groups excluding tert-OH is 2. The zero-order valence-electron chi connectivity index (χ0n) is 25.1. The van der Waals surface area contributed by atoms with E-state index in [0.717, 1.165) is 16.7 Å². The Kier molecular flexibility index (Phi) is 9.00. The lowest BCUT2D eigenvalue weighted by atomic mass is 9.64. The number of carbonyl (C=O) groups is 1. The fourth-order valence-corrected chi connectivity index (χ4v) is 6.71. The Labute approximate surface area is 269 Å². The molecule has 1 amide bonds. The van der Waals surface area contributed by atoms with Gasteiger partial charge in [0.05, 0.1) is 30.6 Å². The first kappa shape index (κ1) is 31.2. The lowest BCUT2D eigenvalue weighted by Crippen LogP contribution is -2.51. The van der Waals surface area contributed by atoms with Crippen LogP contribution in [0.2, 0.25) is 0 Å². The molecule has 6 rings (SSSR count). The molecule has 0 bridgehead atoms. The molecule has 1 aliphatic rings. The first-order valence-corrected chi connectivity index (χ1v) is 15.5. The van der Waals surface area contributed by atoms with Gasteiger partial charge in [-0.15, -0.1) is 11.3 Å². The normalized spacial score (nSPS) is 18.6. The summed E-state index contributed by atoms with van der Waals surface area (Å²) in [5.74, 6) is 1.02. The first-order valence-electron chi connectivity index (χ1n) is 14.7. The highest BCUT2D eigenvalue weighted by atomic mass is 32.1. The van der Waals surface area contributed by atoms with E-state index in [-0.39, 0.29) is 18.1 Å². The molecule has 1 saturated heterocycles. The molecule has 0 aliphatic carbocycles. The van der Waals surface area contributed by atoms with E-state index >= 15 is 0 Å². The Morgan fingerprint density at radius 2 is 1.54 bits per heavy atom. The molecule has 236 valence electrons. The third-order valence-electron chi connectivity index (χ3n) is 8.34. The molecule has 1 aliphatic heterocycles. The zero-order valence-corrected chi connectivity index (χ0v) is 26.0. The standard InChI is InChI=1S/C35H33N3O7S/c1-43-25-14-10-23(11-15-25)35(22-7-4-3-5-8-22,24-12-16-26(44-2)17-13-24)32(40)31-27(39)21-30(45-31)38-19-18-29(37-34(38)42)36-33(41)28-9-6-20-46-28/h3-20,27,30-32,39-40H,21H2,1-2H3,(H,36,37,41,42)/t27-,30+,31-,32?/m0/s1. The van der Waals surface area contributed by atoms with Gasteiger partial charge in [-0.2, -0.15) is 4.98 Å². The molecule has 10 nitrogen and oxygen atoms in total. The van der Waals surface area contributed by atoms with Crippen LogP contribution in [0.1, 0.15) is 39.0 Å². The first-order chi connectivity index (χ1) is 22.3. The summed E-state index contributed by atoms with van der Waals surface area (Å²) in [6.07, 6.45) is -3.01. The quantitative estimate of drug-likeness (QED) is 0.189. The predicted octanol–water partition coefficient (Wildman–Crippen LogP) is 4.62. The summed E-state index contributed by atoms with van der Waals surface area (Å²) in [5.41, 5.74) is 0.347. The van der Waals surface area contributed by atoms with Crippen molar-refractivity contribution in [3.63, 3.8) is 0 Å². The molecule has 2 aromatic heterocycles. The maximum Gasteiger partial charge on any atom is 0.351 e. The average Bonchev–Trinajstić information content (AvgIpc) is 3.77. The Bertz CT molecular complexity index is 1780. The van der Waals surface area contributed by atoms with Crippen LogP contribution in [0.25, 0.3) is 0 Å². The van der Waals surface area contributed by atoms with Gasteiger partial charge in [-0.25, -0.2) is 4.79 Å². The van der Waals surface area contributed by atoms with Crippen LogP contribution in [0.4, 0.5) is 5.82 Å². The molecule has 11 heteroatoms. The number of hydrogen-bond acceptors (Lipinski definition) is 9. The van der Waals surface area contributed by atoms with Crippen molar-refractivity contribution in [2.45, 2.75) is 36.4 Å². The van der Waals surface area contributed by atoms with Crippen molar-refractivity contribution in [2.75, 3.05) is 19.5 Å². The number of ether oxygens (including phenoxy) is 3. The third kappa shape index (κ3) is 5.81. The highest BCUT2D eigenvalue weighted by molar-refractivity contribution is 7.12. The van der Waals surface area contributed by atoms with Crippen molar-refractivity contribution in [1.29, 1.82) is 0 Å². The molecular formula is C35H33N3O7S. The lowest BCUT2D eigenvalue weighted by Gasteiger charge is -2.43. The smallest absolute Gasteiger partial charge is 0.351 e. The molecule has 0 saturated carbocycles. The minimum atomic E-state index is -1.33. The number of nitrogens with one attached hydrogen (secondary N) is 1. The van der Waals surface area contributed by atoms with Gasteiger partial charge in [0.2, 0.25) is 0 Å². The number of amides is 1. The fraction of sp³-hybridized carbons (Fsp3) is 0.229. The fourth-order valence-electron chi connectivity index (χ4n) is 6.09. The van der Waals surface area contributed by atoms with Crippen LogP contribution in [-0.2, 0) is 10.2 Å². The predicted molar refractivity (Wildman–Crippen MR) is 174 cm³/mol. The van der Waals surface area contributed by atoms with Gasteiger partial charge in [0.15, 0.2) is 0 Å². The number of aliphatic hydroxyl groups is 2. The summed E-state index contributed by atoms with van der Waals surface area (Å²) in [5, 5.41) is 28.3. The van der Waals surface area contributed by atoms with Crippen LogP contribution in [0.3, 0.4) is 0 Å². The number of nitrogens with zero attached hydrogens (tertiary/aromatic N) is 2. The van der Waals surface area contributed by atoms with Gasteiger partial charge < -0.3 is 29.7 Å². The Morgan fingerprint density at radius 3 is 2.09 bits per heavy atom. The molecular weight excluding hydrogens is 606 g/mol. The van der Waals surface area contributed by atoms with Crippen molar-refractivity contribution >= 4 is 23.1 Å². The monoisotopic (exact) mass is 639 g/mol. The summed E-state index contributed by atoms with van der Waals surface area (Å²) >= 11 is 1.27. The molecule has 0 radical (unpaired) electrons. The van der Waals surface area contributed by atoms with E-state index in [1.807, 2.05) is 78.9 Å². The summed E-state index contributed by atoms with van der Waals surface area (Å²) in [4.78, 5) is 30.1. The number of benzene rings is 3. The van der Waals surface area contributed by atoms with E-state index in [1.165, 1.54) is 28.2 Å².